The fraction of sp³-hybridized carbons (Fsp3) is 0.160. The van der Waals surface area contributed by atoms with Crippen LogP contribution in [0.1, 0.15) is 61.8 Å². The minimum absolute atomic E-state index is 0.580. The van der Waals surface area contributed by atoms with Crippen LogP contribution in [0.15, 0.2) is 152 Å². The standard InChI is InChI=1S/2C19H19.C12H7Si.2ClH.Zr/c2*1-13(2)17-11-16-10-9-14(3)19(18(16)12-17)15-7-5-4-6-8-15;1-3-7-11-9(5-1)10-6-2-4-8-12(10)13-11;;;/h2*4-13H,1-3H3;1-7H;2*1H;/q3*-1;;;+2/p-2. The van der Waals surface area contributed by atoms with E-state index in [1.54, 1.807) is 0 Å². The van der Waals surface area contributed by atoms with Crippen molar-refractivity contribution < 1.29 is 20.8 Å². The Bertz CT molecular complexity index is 2270. The monoisotopic (exact) mass is 833 g/mol. The second-order valence-electron chi connectivity index (χ2n) is 14.3. The Labute approximate surface area is 343 Å². The van der Waals surface area contributed by atoms with E-state index in [9.17, 15) is 0 Å². The van der Waals surface area contributed by atoms with Gasteiger partial charge in [-0.25, -0.2) is 0 Å². The SMILES string of the molecule is Cc1ccc2[cH-]c(C(C)C)cc2c1-c1ccccc1.Cc1ccc2[cH-]c(C(C)C)cc2c1-c1ccccc1.[Cl][Zr][Cl].[c-]1cccc2c1[Si]c1ccccc1-2. The minimum atomic E-state index is -0.826. The Hall–Kier alpha value is -3.78. The Morgan fingerprint density at radius 1 is 0.556 bits per heavy atom. The molecule has 270 valence electrons. The van der Waals surface area contributed by atoms with E-state index in [2.05, 4.69) is 193 Å². The Morgan fingerprint density at radius 2 is 1.00 bits per heavy atom. The summed E-state index contributed by atoms with van der Waals surface area (Å²) in [4.78, 5) is 0. The number of benzene rings is 6. The quantitative estimate of drug-likeness (QED) is 0.122. The molecule has 0 nitrogen and oxygen atoms in total. The first-order valence-corrected chi connectivity index (χ1v) is 25.9. The van der Waals surface area contributed by atoms with Gasteiger partial charge in [0, 0.05) is 0 Å². The maximum absolute atomic E-state index is 4.93. The average Bonchev–Trinajstić information content (AvgIpc) is 3.92. The van der Waals surface area contributed by atoms with E-state index in [1.807, 2.05) is 6.07 Å². The predicted octanol–water partition coefficient (Wildman–Crippen LogP) is 13.8. The van der Waals surface area contributed by atoms with Crippen molar-refractivity contribution in [3.63, 3.8) is 0 Å². The van der Waals surface area contributed by atoms with Gasteiger partial charge in [0.15, 0.2) is 0 Å². The van der Waals surface area contributed by atoms with Crippen molar-refractivity contribution in [2.24, 2.45) is 0 Å². The third-order valence-electron chi connectivity index (χ3n) is 10.0. The second-order valence-corrected chi connectivity index (χ2v) is 19.4. The largest absolute Gasteiger partial charge is 0.184 e. The van der Waals surface area contributed by atoms with Gasteiger partial charge in [0.25, 0.3) is 0 Å². The summed E-state index contributed by atoms with van der Waals surface area (Å²) in [6, 6.07) is 57.9. The summed E-state index contributed by atoms with van der Waals surface area (Å²) < 4.78 is 0. The fourth-order valence-corrected chi connectivity index (χ4v) is 8.51. The van der Waals surface area contributed by atoms with Gasteiger partial charge in [0.1, 0.15) is 0 Å². The molecule has 4 heteroatoms. The average molecular weight is 836 g/mol. The molecule has 1 aliphatic heterocycles. The molecule has 1 heterocycles. The third kappa shape index (κ3) is 9.18. The van der Waals surface area contributed by atoms with E-state index in [0.29, 0.717) is 11.8 Å². The number of fused-ring (bicyclic) bond motifs is 5. The van der Waals surface area contributed by atoms with Crippen LogP contribution in [0.25, 0.3) is 54.9 Å². The van der Waals surface area contributed by atoms with Crippen molar-refractivity contribution in [3.05, 3.63) is 180 Å². The second kappa shape index (κ2) is 18.7. The van der Waals surface area contributed by atoms with Gasteiger partial charge in [-0.15, -0.1) is 74.6 Å². The molecule has 8 aromatic rings. The molecule has 0 spiro atoms. The summed E-state index contributed by atoms with van der Waals surface area (Å²) in [5.41, 5.74) is 13.7. The van der Waals surface area contributed by atoms with Crippen molar-refractivity contribution in [1.82, 2.24) is 0 Å². The van der Waals surface area contributed by atoms with E-state index >= 15 is 0 Å². The molecule has 0 unspecified atom stereocenters. The molecule has 2 radical (unpaired) electrons. The summed E-state index contributed by atoms with van der Waals surface area (Å²) in [6.45, 7) is 13.4. The first-order chi connectivity index (χ1) is 26.2. The Balaban J connectivity index is 0.000000135. The molecular weight excluding hydrogens is 791 g/mol. The number of aryl methyl sites for hydroxylation is 2. The van der Waals surface area contributed by atoms with Gasteiger partial charge in [0.2, 0.25) is 0 Å². The van der Waals surface area contributed by atoms with Gasteiger partial charge in [-0.1, -0.05) is 146 Å². The fourth-order valence-electron chi connectivity index (χ4n) is 7.20. The number of rotatable bonds is 4. The van der Waals surface area contributed by atoms with Gasteiger partial charge in [-0.3, -0.25) is 0 Å². The zero-order chi connectivity index (χ0) is 38.2. The molecule has 0 bridgehead atoms. The molecule has 54 heavy (non-hydrogen) atoms. The van der Waals surface area contributed by atoms with Crippen LogP contribution in [0.2, 0.25) is 0 Å². The van der Waals surface area contributed by atoms with Gasteiger partial charge in [-0.2, -0.15) is 41.6 Å². The molecule has 0 atom stereocenters. The smallest absolute Gasteiger partial charge is 0.0920 e. The first kappa shape index (κ1) is 39.9. The molecule has 9 rings (SSSR count). The minimum Gasteiger partial charge on any atom is -0.184 e. The van der Waals surface area contributed by atoms with E-state index in [-0.39, 0.29) is 0 Å². The molecule has 0 aliphatic carbocycles. The number of hydrogen-bond donors (Lipinski definition) is 0. The van der Waals surface area contributed by atoms with Crippen LogP contribution in [-0.2, 0) is 20.8 Å². The number of halogens is 2. The first-order valence-electron chi connectivity index (χ1n) is 18.5. The van der Waals surface area contributed by atoms with Gasteiger partial charge < -0.3 is 0 Å². The van der Waals surface area contributed by atoms with Crippen LogP contribution in [-0.4, -0.2) is 9.52 Å². The van der Waals surface area contributed by atoms with Crippen LogP contribution in [0, 0.1) is 19.9 Å². The molecule has 0 fully saturated rings. The summed E-state index contributed by atoms with van der Waals surface area (Å²) >= 11 is -0.826. The van der Waals surface area contributed by atoms with Crippen LogP contribution < -0.4 is 10.4 Å². The number of hydrogen-bond acceptors (Lipinski definition) is 0. The molecule has 0 aromatic heterocycles. The van der Waals surface area contributed by atoms with Crippen LogP contribution in [0.4, 0.5) is 0 Å². The summed E-state index contributed by atoms with van der Waals surface area (Å²) in [5.74, 6) is 1.16. The predicted molar refractivity (Wildman–Crippen MR) is 235 cm³/mol. The Morgan fingerprint density at radius 3 is 1.48 bits per heavy atom. The normalized spacial score (nSPS) is 11.2. The van der Waals surface area contributed by atoms with Gasteiger partial charge >= 0.3 is 37.9 Å². The topological polar surface area (TPSA) is 0 Å². The third-order valence-corrected chi connectivity index (χ3v) is 11.4. The Kier molecular flexibility index (Phi) is 13.8. The summed E-state index contributed by atoms with van der Waals surface area (Å²) in [7, 11) is 10.7. The summed E-state index contributed by atoms with van der Waals surface area (Å²) in [6.07, 6.45) is 0. The van der Waals surface area contributed by atoms with Crippen molar-refractivity contribution in [1.29, 1.82) is 0 Å². The molecule has 8 aromatic carbocycles. The van der Waals surface area contributed by atoms with Crippen LogP contribution in [0.3, 0.4) is 0 Å². The maximum Gasteiger partial charge on any atom is 0.0920 e. The molecular formula is C50H45Cl2SiZr-3. The van der Waals surface area contributed by atoms with Crippen molar-refractivity contribution in [2.75, 3.05) is 0 Å². The van der Waals surface area contributed by atoms with Gasteiger partial charge in [0.05, 0.1) is 9.52 Å². The molecule has 0 amide bonds. The van der Waals surface area contributed by atoms with Crippen LogP contribution in [0.5, 0.6) is 0 Å². The van der Waals surface area contributed by atoms with E-state index in [0.717, 1.165) is 9.52 Å². The molecule has 0 saturated carbocycles. The van der Waals surface area contributed by atoms with E-state index < -0.39 is 20.8 Å². The van der Waals surface area contributed by atoms with Crippen molar-refractivity contribution in [2.45, 2.75) is 53.4 Å². The molecule has 1 aliphatic rings. The van der Waals surface area contributed by atoms with E-state index in [4.69, 9.17) is 17.0 Å². The maximum atomic E-state index is 4.93. The van der Waals surface area contributed by atoms with Crippen LogP contribution >= 0.6 is 17.0 Å². The van der Waals surface area contributed by atoms with E-state index in [1.165, 1.54) is 87.6 Å². The summed E-state index contributed by atoms with van der Waals surface area (Å²) in [5, 5.41) is 8.30. The zero-order valence-corrected chi connectivity index (χ0v) is 36.8. The van der Waals surface area contributed by atoms with Crippen molar-refractivity contribution >= 4 is 58.5 Å². The zero-order valence-electron chi connectivity index (χ0n) is 31.8. The van der Waals surface area contributed by atoms with Crippen molar-refractivity contribution in [3.8, 4) is 33.4 Å². The molecule has 0 saturated heterocycles. The van der Waals surface area contributed by atoms with Gasteiger partial charge in [-0.05, 0) is 36.8 Å². The molecule has 0 N–H and O–H groups in total.